The molecule has 2 N–H and O–H groups in total. The van der Waals surface area contributed by atoms with Crippen molar-refractivity contribution in [2.24, 2.45) is 16.6 Å². The van der Waals surface area contributed by atoms with E-state index >= 15 is 0 Å². The van der Waals surface area contributed by atoms with Crippen molar-refractivity contribution in [2.45, 2.75) is 58.8 Å². The van der Waals surface area contributed by atoms with Gasteiger partial charge in [-0.3, -0.25) is 4.79 Å². The van der Waals surface area contributed by atoms with E-state index in [0.29, 0.717) is 17.9 Å². The first-order chi connectivity index (χ1) is 8.55. The number of likely N-dealkylation sites (tertiary alicyclic amines) is 1. The van der Waals surface area contributed by atoms with Crippen molar-refractivity contribution in [3.8, 4) is 0 Å². The number of hydrogen-bond acceptors (Lipinski definition) is 2. The van der Waals surface area contributed by atoms with Gasteiger partial charge in [0.2, 0.25) is 5.91 Å². The van der Waals surface area contributed by atoms with Gasteiger partial charge in [-0.05, 0) is 31.1 Å². The second-order valence-corrected chi connectivity index (χ2v) is 6.65. The lowest BCUT2D eigenvalue weighted by Crippen LogP contribution is -2.50. The maximum Gasteiger partial charge on any atom is 0.230 e. The summed E-state index contributed by atoms with van der Waals surface area (Å²) in [6.07, 6.45) is 7.86. The largest absolute Gasteiger partial charge is 0.342 e. The Morgan fingerprint density at radius 2 is 1.68 bits per heavy atom. The van der Waals surface area contributed by atoms with E-state index in [2.05, 4.69) is 18.7 Å². The summed E-state index contributed by atoms with van der Waals surface area (Å²) < 4.78 is 0. The van der Waals surface area contributed by atoms with E-state index in [-0.39, 0.29) is 17.8 Å². The number of halogens is 1. The molecule has 0 atom stereocenters. The van der Waals surface area contributed by atoms with Gasteiger partial charge < -0.3 is 10.6 Å². The van der Waals surface area contributed by atoms with E-state index in [1.807, 2.05) is 0 Å². The highest BCUT2D eigenvalue weighted by Gasteiger charge is 2.43. The molecule has 0 aromatic carbocycles. The van der Waals surface area contributed by atoms with E-state index in [1.165, 1.54) is 19.3 Å². The van der Waals surface area contributed by atoms with E-state index in [0.717, 1.165) is 38.8 Å². The molecule has 0 unspecified atom stereocenters. The monoisotopic (exact) mass is 288 g/mol. The van der Waals surface area contributed by atoms with Gasteiger partial charge >= 0.3 is 0 Å². The SMILES string of the molecule is CCC1(C)CCN(C(=O)C2(CN)CCCC2)CC1.Cl. The Morgan fingerprint density at radius 1 is 1.16 bits per heavy atom. The molecule has 1 aliphatic heterocycles. The lowest BCUT2D eigenvalue weighted by atomic mass is 9.77. The molecule has 0 aromatic heterocycles. The molecule has 1 saturated carbocycles. The zero-order chi connectivity index (χ0) is 13.2. The van der Waals surface area contributed by atoms with Crippen molar-refractivity contribution in [1.29, 1.82) is 0 Å². The van der Waals surface area contributed by atoms with Gasteiger partial charge in [0.15, 0.2) is 0 Å². The summed E-state index contributed by atoms with van der Waals surface area (Å²) in [7, 11) is 0. The molecule has 3 nitrogen and oxygen atoms in total. The molecule has 19 heavy (non-hydrogen) atoms. The number of carbonyl (C=O) groups excluding carboxylic acids is 1. The van der Waals surface area contributed by atoms with Gasteiger partial charge in [-0.2, -0.15) is 0 Å². The minimum atomic E-state index is -0.208. The maximum atomic E-state index is 12.7. The average Bonchev–Trinajstić information content (AvgIpc) is 2.89. The predicted molar refractivity (Wildman–Crippen MR) is 81.4 cm³/mol. The van der Waals surface area contributed by atoms with Gasteiger partial charge in [-0.1, -0.05) is 33.1 Å². The minimum absolute atomic E-state index is 0. The first kappa shape index (κ1) is 16.8. The first-order valence-electron chi connectivity index (χ1n) is 7.55. The van der Waals surface area contributed by atoms with Crippen molar-refractivity contribution in [3.05, 3.63) is 0 Å². The Morgan fingerprint density at radius 3 is 2.11 bits per heavy atom. The molecule has 2 aliphatic rings. The normalized spacial score (nSPS) is 24.9. The van der Waals surface area contributed by atoms with Gasteiger partial charge in [0.05, 0.1) is 5.41 Å². The Kier molecular flexibility index (Phi) is 5.69. The molecule has 2 fully saturated rings. The molecule has 1 saturated heterocycles. The Bertz CT molecular complexity index is 305. The number of carbonyl (C=O) groups is 1. The van der Waals surface area contributed by atoms with Crippen LogP contribution in [0.1, 0.15) is 58.8 Å². The quantitative estimate of drug-likeness (QED) is 0.868. The molecule has 0 spiro atoms. The fraction of sp³-hybridized carbons (Fsp3) is 0.933. The summed E-state index contributed by atoms with van der Waals surface area (Å²) in [5.41, 5.74) is 6.15. The molecule has 4 heteroatoms. The topological polar surface area (TPSA) is 46.3 Å². The lowest BCUT2D eigenvalue weighted by molar-refractivity contribution is -0.143. The molecule has 1 heterocycles. The van der Waals surface area contributed by atoms with Crippen LogP contribution in [0.3, 0.4) is 0 Å². The predicted octanol–water partition coefficient (Wildman–Crippen LogP) is 2.97. The van der Waals surface area contributed by atoms with Crippen LogP contribution in [0, 0.1) is 10.8 Å². The highest BCUT2D eigenvalue weighted by molar-refractivity contribution is 5.85. The van der Waals surface area contributed by atoms with Gasteiger partial charge in [-0.15, -0.1) is 12.4 Å². The summed E-state index contributed by atoms with van der Waals surface area (Å²) in [6.45, 7) is 7.02. The lowest BCUT2D eigenvalue weighted by Gasteiger charge is -2.42. The molecule has 0 aromatic rings. The van der Waals surface area contributed by atoms with Crippen LogP contribution < -0.4 is 5.73 Å². The Labute approximate surface area is 123 Å². The second-order valence-electron chi connectivity index (χ2n) is 6.65. The average molecular weight is 289 g/mol. The summed E-state index contributed by atoms with van der Waals surface area (Å²) >= 11 is 0. The highest BCUT2D eigenvalue weighted by atomic mass is 35.5. The van der Waals surface area contributed by atoms with E-state index in [4.69, 9.17) is 5.73 Å². The van der Waals surface area contributed by atoms with E-state index in [9.17, 15) is 4.79 Å². The smallest absolute Gasteiger partial charge is 0.230 e. The minimum Gasteiger partial charge on any atom is -0.342 e. The number of amides is 1. The van der Waals surface area contributed by atoms with Crippen LogP contribution >= 0.6 is 12.4 Å². The van der Waals surface area contributed by atoms with Gasteiger partial charge in [0, 0.05) is 19.6 Å². The van der Waals surface area contributed by atoms with Crippen molar-refractivity contribution in [1.82, 2.24) is 4.90 Å². The third-order valence-electron chi connectivity index (χ3n) is 5.52. The van der Waals surface area contributed by atoms with Crippen molar-refractivity contribution < 1.29 is 4.79 Å². The van der Waals surface area contributed by atoms with Gasteiger partial charge in [-0.25, -0.2) is 0 Å². The Hall–Kier alpha value is -0.280. The van der Waals surface area contributed by atoms with Crippen molar-refractivity contribution in [2.75, 3.05) is 19.6 Å². The van der Waals surface area contributed by atoms with Crippen LogP contribution in [0.15, 0.2) is 0 Å². The molecule has 0 radical (unpaired) electrons. The summed E-state index contributed by atoms with van der Waals surface area (Å²) in [6, 6.07) is 0. The maximum absolute atomic E-state index is 12.7. The third-order valence-corrected chi connectivity index (χ3v) is 5.52. The third kappa shape index (κ3) is 3.25. The summed E-state index contributed by atoms with van der Waals surface area (Å²) in [5, 5.41) is 0. The molecular formula is C15H29ClN2O. The summed E-state index contributed by atoms with van der Waals surface area (Å²) in [4.78, 5) is 14.8. The number of hydrogen-bond donors (Lipinski definition) is 1. The molecule has 1 aliphatic carbocycles. The fourth-order valence-electron chi connectivity index (χ4n) is 3.50. The molecular weight excluding hydrogens is 260 g/mol. The van der Waals surface area contributed by atoms with E-state index in [1.54, 1.807) is 0 Å². The number of piperidine rings is 1. The van der Waals surface area contributed by atoms with Gasteiger partial charge in [0.1, 0.15) is 0 Å². The van der Waals surface area contributed by atoms with Gasteiger partial charge in [0.25, 0.3) is 0 Å². The zero-order valence-corrected chi connectivity index (χ0v) is 13.2. The van der Waals surface area contributed by atoms with E-state index < -0.39 is 0 Å². The highest BCUT2D eigenvalue weighted by Crippen LogP contribution is 2.41. The van der Waals surface area contributed by atoms with Crippen molar-refractivity contribution in [3.63, 3.8) is 0 Å². The van der Waals surface area contributed by atoms with Crippen LogP contribution in [0.4, 0.5) is 0 Å². The zero-order valence-electron chi connectivity index (χ0n) is 12.4. The van der Waals surface area contributed by atoms with Crippen LogP contribution in [0.2, 0.25) is 0 Å². The number of nitrogens with two attached hydrogens (primary N) is 1. The van der Waals surface area contributed by atoms with Crippen LogP contribution in [0.25, 0.3) is 0 Å². The van der Waals surface area contributed by atoms with Crippen LogP contribution in [-0.2, 0) is 4.79 Å². The molecule has 2 rings (SSSR count). The summed E-state index contributed by atoms with van der Waals surface area (Å²) in [5.74, 6) is 0.348. The molecule has 0 bridgehead atoms. The fourth-order valence-corrected chi connectivity index (χ4v) is 3.50. The number of nitrogens with zero attached hydrogens (tertiary/aromatic N) is 1. The standard InChI is InChI=1S/C15H28N2O.ClH/c1-3-14(2)8-10-17(11-9-14)13(18)15(12-16)6-4-5-7-15;/h3-12,16H2,1-2H3;1H. The molecule has 1 amide bonds. The first-order valence-corrected chi connectivity index (χ1v) is 7.55. The molecule has 112 valence electrons. The Balaban J connectivity index is 0.00000180. The van der Waals surface area contributed by atoms with Crippen LogP contribution in [-0.4, -0.2) is 30.4 Å². The number of rotatable bonds is 3. The van der Waals surface area contributed by atoms with Crippen molar-refractivity contribution >= 4 is 18.3 Å². The second kappa shape index (κ2) is 6.45. The van der Waals surface area contributed by atoms with Crippen LogP contribution in [0.5, 0.6) is 0 Å².